The minimum atomic E-state index is -0.153. The Morgan fingerprint density at radius 1 is 0.964 bits per heavy atom. The predicted octanol–water partition coefficient (Wildman–Crippen LogP) is 4.28. The number of amides is 1. The van der Waals surface area contributed by atoms with Crippen LogP contribution in [0.3, 0.4) is 0 Å². The Hall–Kier alpha value is -2.40. The Balaban J connectivity index is 1.26. The fourth-order valence-electron chi connectivity index (χ4n) is 4.20. The molecule has 2 aromatic rings. The second-order valence-corrected chi connectivity index (χ2v) is 7.87. The van der Waals surface area contributed by atoms with Crippen LogP contribution in [0.4, 0.5) is 15.8 Å². The van der Waals surface area contributed by atoms with Gasteiger partial charge in [-0.1, -0.05) is 18.2 Å². The summed E-state index contributed by atoms with van der Waals surface area (Å²) in [4.78, 5) is 17.2. The monoisotopic (exact) mass is 381 g/mol. The van der Waals surface area contributed by atoms with E-state index in [1.165, 1.54) is 24.6 Å². The summed E-state index contributed by atoms with van der Waals surface area (Å²) >= 11 is 0. The summed E-state index contributed by atoms with van der Waals surface area (Å²) in [7, 11) is 0. The van der Waals surface area contributed by atoms with E-state index in [9.17, 15) is 9.18 Å². The molecular formula is C23H28FN3O. The molecule has 0 spiro atoms. The summed E-state index contributed by atoms with van der Waals surface area (Å²) in [6.45, 7) is 4.49. The number of halogens is 1. The predicted molar refractivity (Wildman–Crippen MR) is 111 cm³/mol. The van der Waals surface area contributed by atoms with Gasteiger partial charge in [-0.2, -0.15) is 0 Å². The van der Waals surface area contributed by atoms with Crippen LogP contribution in [0.5, 0.6) is 0 Å². The first-order valence-electron chi connectivity index (χ1n) is 10.3. The van der Waals surface area contributed by atoms with E-state index < -0.39 is 0 Å². The average Bonchev–Trinajstić information content (AvgIpc) is 3.26. The van der Waals surface area contributed by atoms with E-state index in [2.05, 4.69) is 27.2 Å². The second-order valence-electron chi connectivity index (χ2n) is 7.87. The normalized spacial score (nSPS) is 18.4. The SMILES string of the molecule is O=C(Nc1ccc(N2CCCC2)cc1)C1CCN(Cc2ccccc2F)CC1. The molecule has 148 valence electrons. The maximum absolute atomic E-state index is 13.8. The largest absolute Gasteiger partial charge is 0.372 e. The Kier molecular flexibility index (Phi) is 5.91. The van der Waals surface area contributed by atoms with Gasteiger partial charge in [0.05, 0.1) is 0 Å². The van der Waals surface area contributed by atoms with Gasteiger partial charge in [-0.25, -0.2) is 4.39 Å². The maximum Gasteiger partial charge on any atom is 0.227 e. The molecular weight excluding hydrogens is 353 g/mol. The van der Waals surface area contributed by atoms with Crippen LogP contribution in [0.2, 0.25) is 0 Å². The maximum atomic E-state index is 13.8. The molecule has 0 aliphatic carbocycles. The zero-order valence-corrected chi connectivity index (χ0v) is 16.2. The van der Waals surface area contributed by atoms with Crippen LogP contribution in [0, 0.1) is 11.7 Å². The molecule has 28 heavy (non-hydrogen) atoms. The molecule has 0 unspecified atom stereocenters. The van der Waals surface area contributed by atoms with Crippen LogP contribution in [0.1, 0.15) is 31.2 Å². The number of nitrogens with zero attached hydrogens (tertiary/aromatic N) is 2. The molecule has 0 atom stereocenters. The van der Waals surface area contributed by atoms with Gasteiger partial charge >= 0.3 is 0 Å². The van der Waals surface area contributed by atoms with Gasteiger partial charge in [0.15, 0.2) is 0 Å². The summed E-state index contributed by atoms with van der Waals surface area (Å²) in [6.07, 6.45) is 4.14. The Morgan fingerprint density at radius 2 is 1.64 bits per heavy atom. The summed E-state index contributed by atoms with van der Waals surface area (Å²) in [5.74, 6) is -0.0330. The molecule has 0 bridgehead atoms. The third kappa shape index (κ3) is 4.53. The van der Waals surface area contributed by atoms with Crippen molar-refractivity contribution in [1.82, 2.24) is 4.90 Å². The van der Waals surface area contributed by atoms with Crippen molar-refractivity contribution in [2.24, 2.45) is 5.92 Å². The molecule has 0 aromatic heterocycles. The highest BCUT2D eigenvalue weighted by Gasteiger charge is 2.25. The number of anilines is 2. The smallest absolute Gasteiger partial charge is 0.227 e. The minimum absolute atomic E-state index is 0.0233. The van der Waals surface area contributed by atoms with Crippen molar-refractivity contribution in [2.45, 2.75) is 32.2 Å². The number of nitrogens with one attached hydrogen (secondary N) is 1. The number of piperidine rings is 1. The topological polar surface area (TPSA) is 35.6 Å². The first-order chi connectivity index (χ1) is 13.7. The Morgan fingerprint density at radius 3 is 2.32 bits per heavy atom. The highest BCUT2D eigenvalue weighted by molar-refractivity contribution is 5.92. The van der Waals surface area contributed by atoms with Gasteiger partial charge in [-0.15, -0.1) is 0 Å². The Bertz CT molecular complexity index is 794. The summed E-state index contributed by atoms with van der Waals surface area (Å²) in [5, 5.41) is 3.07. The zero-order valence-electron chi connectivity index (χ0n) is 16.2. The van der Waals surface area contributed by atoms with Gasteiger partial charge in [-0.3, -0.25) is 9.69 Å². The first-order valence-corrected chi connectivity index (χ1v) is 10.3. The van der Waals surface area contributed by atoms with Gasteiger partial charge in [0.1, 0.15) is 5.82 Å². The van der Waals surface area contributed by atoms with Crippen molar-refractivity contribution in [3.8, 4) is 0 Å². The Labute approximate surface area is 166 Å². The third-order valence-electron chi connectivity index (χ3n) is 5.92. The van der Waals surface area contributed by atoms with Crippen LogP contribution in [0.25, 0.3) is 0 Å². The van der Waals surface area contributed by atoms with Crippen molar-refractivity contribution < 1.29 is 9.18 Å². The van der Waals surface area contributed by atoms with E-state index in [-0.39, 0.29) is 17.6 Å². The lowest BCUT2D eigenvalue weighted by molar-refractivity contribution is -0.121. The lowest BCUT2D eigenvalue weighted by atomic mass is 9.95. The molecule has 2 fully saturated rings. The number of benzene rings is 2. The highest BCUT2D eigenvalue weighted by Crippen LogP contribution is 2.24. The van der Waals surface area contributed by atoms with Crippen molar-refractivity contribution >= 4 is 17.3 Å². The molecule has 1 amide bonds. The molecule has 2 aliphatic rings. The molecule has 2 heterocycles. The molecule has 5 heteroatoms. The molecule has 0 saturated carbocycles. The van der Waals surface area contributed by atoms with Crippen LogP contribution < -0.4 is 10.2 Å². The molecule has 1 N–H and O–H groups in total. The lowest BCUT2D eigenvalue weighted by Crippen LogP contribution is -2.37. The number of carbonyl (C=O) groups excluding carboxylic acids is 1. The fraction of sp³-hybridized carbons (Fsp3) is 0.435. The molecule has 2 saturated heterocycles. The summed E-state index contributed by atoms with van der Waals surface area (Å²) < 4.78 is 13.8. The first kappa shape index (κ1) is 18.9. The van der Waals surface area contributed by atoms with Crippen LogP contribution >= 0.6 is 0 Å². The molecule has 2 aliphatic heterocycles. The number of hydrogen-bond acceptors (Lipinski definition) is 3. The van der Waals surface area contributed by atoms with Crippen molar-refractivity contribution in [3.63, 3.8) is 0 Å². The van der Waals surface area contributed by atoms with E-state index >= 15 is 0 Å². The highest BCUT2D eigenvalue weighted by atomic mass is 19.1. The van der Waals surface area contributed by atoms with E-state index in [1.807, 2.05) is 24.3 Å². The number of hydrogen-bond donors (Lipinski definition) is 1. The van der Waals surface area contributed by atoms with E-state index in [0.29, 0.717) is 6.54 Å². The second kappa shape index (κ2) is 8.74. The molecule has 0 radical (unpaired) electrons. The summed E-state index contributed by atoms with van der Waals surface area (Å²) in [5.41, 5.74) is 2.82. The molecule has 2 aromatic carbocycles. The van der Waals surface area contributed by atoms with Crippen LogP contribution in [-0.2, 0) is 11.3 Å². The van der Waals surface area contributed by atoms with Gasteiger partial charge in [0.25, 0.3) is 0 Å². The van der Waals surface area contributed by atoms with Gasteiger partial charge in [0, 0.05) is 42.5 Å². The molecule has 4 rings (SSSR count). The fourth-order valence-corrected chi connectivity index (χ4v) is 4.20. The van der Waals surface area contributed by atoms with E-state index in [1.54, 1.807) is 6.07 Å². The van der Waals surface area contributed by atoms with Crippen molar-refractivity contribution in [1.29, 1.82) is 0 Å². The number of likely N-dealkylation sites (tertiary alicyclic amines) is 1. The van der Waals surface area contributed by atoms with Crippen LogP contribution in [0.15, 0.2) is 48.5 Å². The van der Waals surface area contributed by atoms with Crippen molar-refractivity contribution in [2.75, 3.05) is 36.4 Å². The van der Waals surface area contributed by atoms with Gasteiger partial charge < -0.3 is 10.2 Å². The summed E-state index contributed by atoms with van der Waals surface area (Å²) in [6, 6.07) is 15.1. The van der Waals surface area contributed by atoms with Gasteiger partial charge in [0.2, 0.25) is 5.91 Å². The average molecular weight is 381 g/mol. The quantitative estimate of drug-likeness (QED) is 0.840. The molecule has 4 nitrogen and oxygen atoms in total. The van der Waals surface area contributed by atoms with Crippen molar-refractivity contribution in [3.05, 3.63) is 59.9 Å². The van der Waals surface area contributed by atoms with Gasteiger partial charge in [-0.05, 0) is 69.1 Å². The zero-order chi connectivity index (χ0) is 19.3. The lowest BCUT2D eigenvalue weighted by Gasteiger charge is -2.31. The standard InChI is InChI=1S/C23H28FN3O/c24-22-6-2-1-5-19(22)17-26-15-11-18(12-16-26)23(28)25-20-7-9-21(10-8-20)27-13-3-4-14-27/h1-2,5-10,18H,3-4,11-17H2,(H,25,28). The number of rotatable bonds is 5. The van der Waals surface area contributed by atoms with E-state index in [0.717, 1.165) is 50.3 Å². The van der Waals surface area contributed by atoms with E-state index in [4.69, 9.17) is 0 Å². The third-order valence-corrected chi connectivity index (χ3v) is 5.92. The minimum Gasteiger partial charge on any atom is -0.372 e. The number of carbonyl (C=O) groups is 1. The van der Waals surface area contributed by atoms with Crippen LogP contribution in [-0.4, -0.2) is 37.0 Å².